The van der Waals surface area contributed by atoms with Crippen LogP contribution in [-0.4, -0.2) is 31.4 Å². The molecule has 1 aromatic carbocycles. The van der Waals surface area contributed by atoms with Gasteiger partial charge in [0.05, 0.1) is 0 Å². The molecule has 22 heavy (non-hydrogen) atoms. The maximum atomic E-state index is 13.4. The normalized spacial score (nSPS) is 12.4. The topological polar surface area (TPSA) is 45.5 Å². The molecule has 1 atom stereocenters. The molecular formula is C17H21FN2O2. The Balaban J connectivity index is 1.98. The van der Waals surface area contributed by atoms with Crippen LogP contribution in [0.5, 0.6) is 0 Å². The van der Waals surface area contributed by atoms with E-state index in [2.05, 4.69) is 5.32 Å². The van der Waals surface area contributed by atoms with E-state index in [1.165, 1.54) is 12.1 Å². The molecule has 0 unspecified atom stereocenters. The maximum absolute atomic E-state index is 13.4. The van der Waals surface area contributed by atoms with Gasteiger partial charge in [0.2, 0.25) is 5.91 Å². The number of nitrogens with zero attached hydrogens (tertiary/aromatic N) is 1. The predicted molar refractivity (Wildman–Crippen MR) is 83.0 cm³/mol. The molecule has 0 radical (unpaired) electrons. The van der Waals surface area contributed by atoms with Crippen LogP contribution in [0.1, 0.15) is 23.1 Å². The first-order valence-corrected chi connectivity index (χ1v) is 7.22. The zero-order chi connectivity index (χ0) is 16.1. The monoisotopic (exact) mass is 304 g/mol. The van der Waals surface area contributed by atoms with E-state index in [1.54, 1.807) is 31.1 Å². The summed E-state index contributed by atoms with van der Waals surface area (Å²) in [5.41, 5.74) is 0.636. The van der Waals surface area contributed by atoms with Crippen LogP contribution < -0.4 is 5.32 Å². The fourth-order valence-electron chi connectivity index (χ4n) is 2.39. The summed E-state index contributed by atoms with van der Waals surface area (Å²) in [6.45, 7) is 2.36. The van der Waals surface area contributed by atoms with Gasteiger partial charge in [0.15, 0.2) is 0 Å². The van der Waals surface area contributed by atoms with Gasteiger partial charge in [-0.05, 0) is 50.8 Å². The fourth-order valence-corrected chi connectivity index (χ4v) is 2.39. The van der Waals surface area contributed by atoms with Crippen molar-refractivity contribution in [2.24, 2.45) is 0 Å². The number of rotatable bonds is 6. The minimum atomic E-state index is -0.519. The van der Waals surface area contributed by atoms with E-state index in [1.807, 2.05) is 19.1 Å². The van der Waals surface area contributed by atoms with E-state index in [0.29, 0.717) is 18.5 Å². The molecule has 118 valence electrons. The Bertz CT molecular complexity index is 637. The van der Waals surface area contributed by atoms with Gasteiger partial charge in [0.1, 0.15) is 23.4 Å². The lowest BCUT2D eigenvalue weighted by Gasteiger charge is -2.23. The average Bonchev–Trinajstić information content (AvgIpc) is 2.84. The molecule has 1 amide bonds. The Morgan fingerprint density at radius 2 is 2.09 bits per heavy atom. The van der Waals surface area contributed by atoms with Gasteiger partial charge in [-0.25, -0.2) is 4.39 Å². The van der Waals surface area contributed by atoms with Crippen molar-refractivity contribution in [3.05, 3.63) is 59.3 Å². The summed E-state index contributed by atoms with van der Waals surface area (Å²) in [5.74, 6) is 1.19. The molecule has 0 aliphatic rings. The third kappa shape index (κ3) is 4.18. The number of amides is 1. The van der Waals surface area contributed by atoms with Gasteiger partial charge in [-0.2, -0.15) is 0 Å². The van der Waals surface area contributed by atoms with E-state index >= 15 is 0 Å². The first-order valence-electron chi connectivity index (χ1n) is 7.22. The SMILES string of the molecule is Cc1ccc(CCNC(=O)[C@@H](c2cccc(F)c2)N(C)C)o1. The van der Waals surface area contributed by atoms with Crippen LogP contribution in [0.3, 0.4) is 0 Å². The Kier molecular flexibility index (Phi) is 5.33. The van der Waals surface area contributed by atoms with Crippen LogP contribution in [0.15, 0.2) is 40.8 Å². The lowest BCUT2D eigenvalue weighted by atomic mass is 10.1. The summed E-state index contributed by atoms with van der Waals surface area (Å²) in [4.78, 5) is 14.2. The number of halogens is 1. The third-order valence-electron chi connectivity index (χ3n) is 3.40. The number of carbonyl (C=O) groups excluding carboxylic acids is 1. The standard InChI is InChI=1S/C17H21FN2O2/c1-12-7-8-15(22-12)9-10-19-17(21)16(20(2)3)13-5-4-6-14(18)11-13/h4-8,11,16H,9-10H2,1-3H3,(H,19,21)/t16-/m1/s1. The van der Waals surface area contributed by atoms with Crippen molar-refractivity contribution >= 4 is 5.91 Å². The molecule has 2 aromatic rings. The Morgan fingerprint density at radius 3 is 2.68 bits per heavy atom. The molecule has 0 spiro atoms. The van der Waals surface area contributed by atoms with Gasteiger partial charge in [-0.1, -0.05) is 12.1 Å². The quantitative estimate of drug-likeness (QED) is 0.892. The minimum absolute atomic E-state index is 0.154. The van der Waals surface area contributed by atoms with E-state index in [0.717, 1.165) is 11.5 Å². The molecule has 1 aromatic heterocycles. The van der Waals surface area contributed by atoms with Crippen LogP contribution >= 0.6 is 0 Å². The lowest BCUT2D eigenvalue weighted by molar-refractivity contribution is -0.125. The first kappa shape index (κ1) is 16.2. The fraction of sp³-hybridized carbons (Fsp3) is 0.353. The molecule has 0 aliphatic carbocycles. The summed E-state index contributed by atoms with van der Waals surface area (Å²) >= 11 is 0. The molecule has 0 bridgehead atoms. The predicted octanol–water partition coefficient (Wildman–Crippen LogP) is 2.69. The van der Waals surface area contributed by atoms with Gasteiger partial charge in [0, 0.05) is 13.0 Å². The number of benzene rings is 1. The average molecular weight is 304 g/mol. The van der Waals surface area contributed by atoms with Crippen LogP contribution in [0.25, 0.3) is 0 Å². The molecule has 5 heteroatoms. The number of furan rings is 1. The van der Waals surface area contributed by atoms with Gasteiger partial charge >= 0.3 is 0 Å². The highest BCUT2D eigenvalue weighted by atomic mass is 19.1. The molecule has 1 N–H and O–H groups in total. The van der Waals surface area contributed by atoms with Crippen molar-refractivity contribution in [2.75, 3.05) is 20.6 Å². The maximum Gasteiger partial charge on any atom is 0.241 e. The minimum Gasteiger partial charge on any atom is -0.466 e. The molecule has 1 heterocycles. The first-order chi connectivity index (χ1) is 10.5. The smallest absolute Gasteiger partial charge is 0.241 e. The highest BCUT2D eigenvalue weighted by Gasteiger charge is 2.22. The number of aryl methyl sites for hydroxylation is 1. The second kappa shape index (κ2) is 7.22. The number of hydrogen-bond donors (Lipinski definition) is 1. The van der Waals surface area contributed by atoms with Crippen molar-refractivity contribution in [2.45, 2.75) is 19.4 Å². The van der Waals surface area contributed by atoms with Crippen LogP contribution in [0.4, 0.5) is 4.39 Å². The van der Waals surface area contributed by atoms with Gasteiger partial charge in [0.25, 0.3) is 0 Å². The van der Waals surface area contributed by atoms with Crippen LogP contribution in [0.2, 0.25) is 0 Å². The summed E-state index contributed by atoms with van der Waals surface area (Å²) in [5, 5.41) is 2.88. The number of carbonyl (C=O) groups is 1. The Labute approximate surface area is 129 Å². The molecule has 2 rings (SSSR count). The Morgan fingerprint density at radius 1 is 1.32 bits per heavy atom. The third-order valence-corrected chi connectivity index (χ3v) is 3.40. The molecular weight excluding hydrogens is 283 g/mol. The summed E-state index contributed by atoms with van der Waals surface area (Å²) in [6, 6.07) is 9.40. The molecule has 0 saturated heterocycles. The molecule has 0 saturated carbocycles. The number of likely N-dealkylation sites (N-methyl/N-ethyl adjacent to an activating group) is 1. The van der Waals surface area contributed by atoms with Crippen molar-refractivity contribution < 1.29 is 13.6 Å². The van der Waals surface area contributed by atoms with E-state index in [9.17, 15) is 9.18 Å². The number of hydrogen-bond acceptors (Lipinski definition) is 3. The van der Waals surface area contributed by atoms with Crippen LogP contribution in [0, 0.1) is 12.7 Å². The van der Waals surface area contributed by atoms with Crippen molar-refractivity contribution in [3.8, 4) is 0 Å². The van der Waals surface area contributed by atoms with Crippen molar-refractivity contribution in [1.82, 2.24) is 10.2 Å². The van der Waals surface area contributed by atoms with Gasteiger partial charge < -0.3 is 9.73 Å². The number of nitrogens with one attached hydrogen (secondary N) is 1. The Hall–Kier alpha value is -2.14. The molecule has 4 nitrogen and oxygen atoms in total. The lowest BCUT2D eigenvalue weighted by Crippen LogP contribution is -2.37. The van der Waals surface area contributed by atoms with Crippen LogP contribution in [-0.2, 0) is 11.2 Å². The van der Waals surface area contributed by atoms with Gasteiger partial charge in [-0.15, -0.1) is 0 Å². The highest BCUT2D eigenvalue weighted by Crippen LogP contribution is 2.19. The van der Waals surface area contributed by atoms with E-state index < -0.39 is 6.04 Å². The summed E-state index contributed by atoms with van der Waals surface area (Å²) < 4.78 is 18.8. The molecule has 0 aliphatic heterocycles. The van der Waals surface area contributed by atoms with Crippen molar-refractivity contribution in [1.29, 1.82) is 0 Å². The zero-order valence-electron chi connectivity index (χ0n) is 13.1. The van der Waals surface area contributed by atoms with E-state index in [4.69, 9.17) is 4.42 Å². The summed E-state index contributed by atoms with van der Waals surface area (Å²) in [7, 11) is 3.59. The highest BCUT2D eigenvalue weighted by molar-refractivity contribution is 5.83. The second-order valence-electron chi connectivity index (χ2n) is 5.47. The second-order valence-corrected chi connectivity index (χ2v) is 5.47. The largest absolute Gasteiger partial charge is 0.466 e. The van der Waals surface area contributed by atoms with Gasteiger partial charge in [-0.3, -0.25) is 9.69 Å². The van der Waals surface area contributed by atoms with E-state index in [-0.39, 0.29) is 11.7 Å². The zero-order valence-corrected chi connectivity index (χ0v) is 13.1. The molecule has 0 fully saturated rings. The van der Waals surface area contributed by atoms with Crippen molar-refractivity contribution in [3.63, 3.8) is 0 Å². The summed E-state index contributed by atoms with van der Waals surface area (Å²) in [6.07, 6.45) is 0.628.